The van der Waals surface area contributed by atoms with E-state index in [1.165, 1.54) is 18.9 Å². The fraction of sp³-hybridized carbons (Fsp3) is 0.385. The van der Waals surface area contributed by atoms with Crippen molar-refractivity contribution in [3.05, 3.63) is 33.8 Å². The molecule has 0 heterocycles. The molecule has 19 heavy (non-hydrogen) atoms. The molecule has 1 rings (SSSR count). The van der Waals surface area contributed by atoms with Crippen molar-refractivity contribution in [1.82, 2.24) is 4.90 Å². The summed E-state index contributed by atoms with van der Waals surface area (Å²) in [7, 11) is 4.83. The molecule has 1 aromatic carbocycles. The molecule has 0 aromatic heterocycles. The second-order valence-electron chi connectivity index (χ2n) is 4.08. The zero-order valence-corrected chi connectivity index (χ0v) is 13.5. The Balaban J connectivity index is 2.61. The van der Waals surface area contributed by atoms with E-state index in [1.54, 1.807) is 31.1 Å². The van der Waals surface area contributed by atoms with Gasteiger partial charge in [0.25, 0.3) is 0 Å². The number of benzene rings is 1. The molecule has 0 aliphatic rings. The number of nitrogens with zero attached hydrogens (tertiary/aromatic N) is 1. The second-order valence-corrected chi connectivity index (χ2v) is 5.92. The van der Waals surface area contributed by atoms with Crippen LogP contribution in [0.4, 0.5) is 0 Å². The maximum absolute atomic E-state index is 11.4. The second kappa shape index (κ2) is 7.55. The van der Waals surface area contributed by atoms with Gasteiger partial charge in [0.2, 0.25) is 5.91 Å². The summed E-state index contributed by atoms with van der Waals surface area (Å²) in [6, 6.07) is 5.32. The first-order valence-electron chi connectivity index (χ1n) is 5.60. The number of amides is 1. The molecule has 4 nitrogen and oxygen atoms in total. The van der Waals surface area contributed by atoms with E-state index < -0.39 is 0 Å². The summed E-state index contributed by atoms with van der Waals surface area (Å²) in [5.74, 6) is 0.884. The van der Waals surface area contributed by atoms with Gasteiger partial charge in [0.1, 0.15) is 0 Å². The predicted molar refractivity (Wildman–Crippen MR) is 80.3 cm³/mol. The van der Waals surface area contributed by atoms with Gasteiger partial charge in [-0.3, -0.25) is 4.79 Å². The zero-order chi connectivity index (χ0) is 14.4. The lowest BCUT2D eigenvalue weighted by Crippen LogP contribution is -2.23. The first-order valence-corrected chi connectivity index (χ1v) is 7.55. The molecule has 1 aromatic rings. The van der Waals surface area contributed by atoms with Crippen LogP contribution in [0.5, 0.6) is 0 Å². The van der Waals surface area contributed by atoms with Gasteiger partial charge in [-0.25, -0.2) is 4.79 Å². The molecule has 0 aliphatic carbocycles. The highest BCUT2D eigenvalue weighted by atomic mass is 79.9. The molecule has 0 radical (unpaired) electrons. The normalized spacial score (nSPS) is 10.1. The molecule has 104 valence electrons. The van der Waals surface area contributed by atoms with Crippen molar-refractivity contribution in [1.29, 1.82) is 0 Å². The van der Waals surface area contributed by atoms with E-state index in [1.807, 2.05) is 6.07 Å². The van der Waals surface area contributed by atoms with Gasteiger partial charge < -0.3 is 9.64 Å². The minimum absolute atomic E-state index is 0.0901. The minimum Gasteiger partial charge on any atom is -0.465 e. The van der Waals surface area contributed by atoms with Gasteiger partial charge in [-0.1, -0.05) is 22.0 Å². The Morgan fingerprint density at radius 2 is 2.05 bits per heavy atom. The number of hydrogen-bond acceptors (Lipinski definition) is 4. The number of rotatable bonds is 5. The summed E-state index contributed by atoms with van der Waals surface area (Å²) < 4.78 is 5.50. The standard InChI is InChI=1S/C13H16BrNO3S/c1-15(2)12(16)8-19-7-10-5-4-9(6-11(10)14)13(17)18-3/h4-6H,7-8H2,1-3H3. The third kappa shape index (κ3) is 4.87. The molecule has 0 atom stereocenters. The summed E-state index contributed by atoms with van der Waals surface area (Å²) in [4.78, 5) is 24.4. The lowest BCUT2D eigenvalue weighted by Gasteiger charge is -2.10. The topological polar surface area (TPSA) is 46.6 Å². The van der Waals surface area contributed by atoms with Crippen LogP contribution in [0.1, 0.15) is 15.9 Å². The number of hydrogen-bond donors (Lipinski definition) is 0. The molecule has 0 fully saturated rings. The van der Waals surface area contributed by atoms with E-state index in [2.05, 4.69) is 20.7 Å². The van der Waals surface area contributed by atoms with E-state index in [0.29, 0.717) is 17.1 Å². The minimum atomic E-state index is -0.359. The van der Waals surface area contributed by atoms with Gasteiger partial charge in [0, 0.05) is 24.3 Å². The fourth-order valence-corrected chi connectivity index (χ4v) is 3.00. The van der Waals surface area contributed by atoms with Crippen LogP contribution in [0.15, 0.2) is 22.7 Å². The Labute approximate surface area is 125 Å². The third-order valence-corrected chi connectivity index (χ3v) is 4.16. The molecule has 0 bridgehead atoms. The van der Waals surface area contributed by atoms with Crippen molar-refractivity contribution in [3.8, 4) is 0 Å². The highest BCUT2D eigenvalue weighted by molar-refractivity contribution is 9.10. The average molecular weight is 346 g/mol. The fourth-order valence-electron chi connectivity index (χ4n) is 1.29. The van der Waals surface area contributed by atoms with E-state index in [0.717, 1.165) is 10.0 Å². The quantitative estimate of drug-likeness (QED) is 0.769. The van der Waals surface area contributed by atoms with Crippen LogP contribution in [0, 0.1) is 0 Å². The number of ether oxygens (including phenoxy) is 1. The maximum atomic E-state index is 11.4. The average Bonchev–Trinajstić information content (AvgIpc) is 2.39. The van der Waals surface area contributed by atoms with Gasteiger partial charge >= 0.3 is 5.97 Å². The van der Waals surface area contributed by atoms with Gasteiger partial charge in [-0.05, 0) is 17.7 Å². The lowest BCUT2D eigenvalue weighted by molar-refractivity contribution is -0.125. The van der Waals surface area contributed by atoms with Gasteiger partial charge in [0.15, 0.2) is 0 Å². The summed E-state index contributed by atoms with van der Waals surface area (Å²) >= 11 is 4.96. The molecule has 0 saturated carbocycles. The Morgan fingerprint density at radius 3 is 2.58 bits per heavy atom. The van der Waals surface area contributed by atoms with Crippen molar-refractivity contribution in [2.75, 3.05) is 27.0 Å². The van der Waals surface area contributed by atoms with Crippen LogP contribution in [-0.4, -0.2) is 43.7 Å². The van der Waals surface area contributed by atoms with Crippen LogP contribution >= 0.6 is 27.7 Å². The first-order chi connectivity index (χ1) is 8.95. The number of halogens is 1. The molecule has 0 saturated heterocycles. The molecule has 1 amide bonds. The van der Waals surface area contributed by atoms with E-state index in [-0.39, 0.29) is 11.9 Å². The molecular formula is C13H16BrNO3S. The van der Waals surface area contributed by atoms with Crippen LogP contribution in [-0.2, 0) is 15.3 Å². The Kier molecular flexibility index (Phi) is 6.37. The van der Waals surface area contributed by atoms with Crippen molar-refractivity contribution >= 4 is 39.6 Å². The Hall–Kier alpha value is -1.01. The highest BCUT2D eigenvalue weighted by Crippen LogP contribution is 2.23. The van der Waals surface area contributed by atoms with E-state index in [9.17, 15) is 9.59 Å². The van der Waals surface area contributed by atoms with Crippen molar-refractivity contribution in [2.45, 2.75) is 5.75 Å². The summed E-state index contributed by atoms with van der Waals surface area (Å²) in [6.07, 6.45) is 0. The van der Waals surface area contributed by atoms with Crippen molar-refractivity contribution < 1.29 is 14.3 Å². The Morgan fingerprint density at radius 1 is 1.37 bits per heavy atom. The number of carbonyl (C=O) groups excluding carboxylic acids is 2. The smallest absolute Gasteiger partial charge is 0.337 e. The zero-order valence-electron chi connectivity index (χ0n) is 11.1. The third-order valence-electron chi connectivity index (χ3n) is 2.46. The van der Waals surface area contributed by atoms with Gasteiger partial charge in [-0.15, -0.1) is 11.8 Å². The lowest BCUT2D eigenvalue weighted by atomic mass is 10.1. The van der Waals surface area contributed by atoms with Crippen molar-refractivity contribution in [2.24, 2.45) is 0 Å². The number of methoxy groups -OCH3 is 1. The van der Waals surface area contributed by atoms with E-state index >= 15 is 0 Å². The number of carbonyl (C=O) groups is 2. The molecular weight excluding hydrogens is 330 g/mol. The van der Waals surface area contributed by atoms with Crippen LogP contribution in [0.25, 0.3) is 0 Å². The van der Waals surface area contributed by atoms with E-state index in [4.69, 9.17) is 0 Å². The predicted octanol–water partition coefficient (Wildman–Crippen LogP) is 2.56. The van der Waals surface area contributed by atoms with Crippen molar-refractivity contribution in [3.63, 3.8) is 0 Å². The molecule has 0 unspecified atom stereocenters. The highest BCUT2D eigenvalue weighted by Gasteiger charge is 2.09. The summed E-state index contributed by atoms with van der Waals surface area (Å²) in [6.45, 7) is 0. The van der Waals surface area contributed by atoms with Crippen LogP contribution < -0.4 is 0 Å². The summed E-state index contributed by atoms with van der Waals surface area (Å²) in [5, 5.41) is 0. The monoisotopic (exact) mass is 345 g/mol. The largest absolute Gasteiger partial charge is 0.465 e. The van der Waals surface area contributed by atoms with Gasteiger partial charge in [-0.2, -0.15) is 0 Å². The molecule has 0 aliphatic heterocycles. The molecule has 0 N–H and O–H groups in total. The van der Waals surface area contributed by atoms with Gasteiger partial charge in [0.05, 0.1) is 18.4 Å². The Bertz CT molecular complexity index is 477. The number of thioether (sulfide) groups is 1. The van der Waals surface area contributed by atoms with Crippen LogP contribution in [0.3, 0.4) is 0 Å². The SMILES string of the molecule is COC(=O)c1ccc(CSCC(=O)N(C)C)c(Br)c1. The molecule has 6 heteroatoms. The first kappa shape index (κ1) is 16.0. The molecule has 0 spiro atoms. The van der Waals surface area contributed by atoms with Crippen LogP contribution in [0.2, 0.25) is 0 Å². The maximum Gasteiger partial charge on any atom is 0.337 e. The summed E-state index contributed by atoms with van der Waals surface area (Å²) in [5.41, 5.74) is 1.55. The number of esters is 1.